The molecule has 32 heavy (non-hydrogen) atoms. The first-order valence-corrected chi connectivity index (χ1v) is 11.5. The van der Waals surface area contributed by atoms with Crippen molar-refractivity contribution in [1.29, 1.82) is 0 Å². The van der Waals surface area contributed by atoms with Crippen molar-refractivity contribution in [3.05, 3.63) is 42.0 Å². The van der Waals surface area contributed by atoms with Gasteiger partial charge in [-0.05, 0) is 49.5 Å². The summed E-state index contributed by atoms with van der Waals surface area (Å²) in [5.74, 6) is 1.64. The number of nitrogens with one attached hydrogen (secondary N) is 1. The molecule has 3 aliphatic rings. The Hall–Kier alpha value is -2.19. The maximum absolute atomic E-state index is 13.8. The van der Waals surface area contributed by atoms with Crippen molar-refractivity contribution in [2.45, 2.75) is 37.9 Å². The Morgan fingerprint density at radius 2 is 1.69 bits per heavy atom. The molecule has 0 spiro atoms. The molecule has 3 fully saturated rings. The van der Waals surface area contributed by atoms with Gasteiger partial charge in [-0.1, -0.05) is 30.3 Å². The number of hydrogen-bond acceptors (Lipinski definition) is 5. The molecule has 1 N–H and O–H groups in total. The first kappa shape index (κ1) is 21.6. The van der Waals surface area contributed by atoms with Crippen molar-refractivity contribution in [2.24, 2.45) is 17.8 Å². The summed E-state index contributed by atoms with van der Waals surface area (Å²) in [4.78, 5) is 2.55. The smallest absolute Gasteiger partial charge is 0.381 e. The third kappa shape index (κ3) is 4.76. The van der Waals surface area contributed by atoms with Gasteiger partial charge in [0.2, 0.25) is 0 Å². The molecule has 0 amide bonds. The second-order valence-electron chi connectivity index (χ2n) is 9.46. The minimum absolute atomic E-state index is 0.00760. The lowest BCUT2D eigenvalue weighted by Crippen LogP contribution is -2.32. The van der Waals surface area contributed by atoms with Gasteiger partial charge in [-0.2, -0.15) is 13.2 Å². The maximum Gasteiger partial charge on any atom is 0.420 e. The maximum atomic E-state index is 13.8. The molecule has 172 valence electrons. The highest BCUT2D eigenvalue weighted by atomic mass is 19.4. The molecule has 1 aliphatic carbocycles. The molecule has 2 saturated heterocycles. The Labute approximate surface area is 186 Å². The third-order valence-electron chi connectivity index (χ3n) is 7.19. The summed E-state index contributed by atoms with van der Waals surface area (Å²) in [5, 5.41) is 11.1. The summed E-state index contributed by atoms with van der Waals surface area (Å²) >= 11 is 0. The Bertz CT molecular complexity index is 903. The number of rotatable bonds is 5. The Kier molecular flexibility index (Phi) is 6.07. The molecule has 8 heteroatoms. The quantitative estimate of drug-likeness (QED) is 0.721. The van der Waals surface area contributed by atoms with E-state index in [1.807, 2.05) is 6.07 Å². The number of fused-ring (bicyclic) bond motifs is 1. The number of nitrogens with zero attached hydrogens (tertiary/aromatic N) is 3. The van der Waals surface area contributed by atoms with Crippen molar-refractivity contribution in [2.75, 3.05) is 38.2 Å². The van der Waals surface area contributed by atoms with Crippen molar-refractivity contribution >= 4 is 5.82 Å². The van der Waals surface area contributed by atoms with Gasteiger partial charge < -0.3 is 15.0 Å². The van der Waals surface area contributed by atoms with Crippen LogP contribution < -0.4 is 5.32 Å². The van der Waals surface area contributed by atoms with Gasteiger partial charge in [0.25, 0.3) is 0 Å². The highest BCUT2D eigenvalue weighted by Crippen LogP contribution is 2.41. The predicted octanol–water partition coefficient (Wildman–Crippen LogP) is 4.71. The fourth-order valence-electron chi connectivity index (χ4n) is 5.62. The molecule has 2 aromatic rings. The lowest BCUT2D eigenvalue weighted by molar-refractivity contribution is -0.137. The number of ether oxygens (including phenoxy) is 1. The van der Waals surface area contributed by atoms with E-state index in [0.29, 0.717) is 23.3 Å². The SMILES string of the molecule is FC(F)(F)c1cc(-c2ccccc2)nnc1NC1CC2CN(CC3CCOCC3)CC2C1. The number of aromatic nitrogens is 2. The predicted molar refractivity (Wildman–Crippen MR) is 116 cm³/mol. The van der Waals surface area contributed by atoms with Gasteiger partial charge in [0.1, 0.15) is 5.56 Å². The van der Waals surface area contributed by atoms with Crippen LogP contribution in [-0.4, -0.2) is 54.0 Å². The van der Waals surface area contributed by atoms with E-state index in [1.54, 1.807) is 24.3 Å². The average molecular weight is 447 g/mol. The van der Waals surface area contributed by atoms with Crippen LogP contribution in [0, 0.1) is 17.8 Å². The Morgan fingerprint density at radius 1 is 1.00 bits per heavy atom. The van der Waals surface area contributed by atoms with E-state index in [4.69, 9.17) is 4.74 Å². The van der Waals surface area contributed by atoms with Crippen LogP contribution in [-0.2, 0) is 10.9 Å². The van der Waals surface area contributed by atoms with Crippen LogP contribution in [0.2, 0.25) is 0 Å². The number of anilines is 1. The zero-order valence-electron chi connectivity index (χ0n) is 18.0. The summed E-state index contributed by atoms with van der Waals surface area (Å²) < 4.78 is 46.9. The first-order valence-electron chi connectivity index (χ1n) is 11.5. The summed E-state index contributed by atoms with van der Waals surface area (Å²) in [6.07, 6.45) is -0.457. The number of alkyl halides is 3. The number of benzene rings is 1. The van der Waals surface area contributed by atoms with Crippen LogP contribution in [0.4, 0.5) is 19.0 Å². The number of likely N-dealkylation sites (tertiary alicyclic amines) is 1. The first-order chi connectivity index (χ1) is 15.5. The van der Waals surface area contributed by atoms with E-state index < -0.39 is 11.7 Å². The molecule has 2 unspecified atom stereocenters. The lowest BCUT2D eigenvalue weighted by Gasteiger charge is -2.28. The molecule has 0 bridgehead atoms. The lowest BCUT2D eigenvalue weighted by atomic mass is 10.00. The molecule has 5 rings (SSSR count). The zero-order valence-corrected chi connectivity index (χ0v) is 18.0. The monoisotopic (exact) mass is 446 g/mol. The number of halogens is 3. The fourth-order valence-corrected chi connectivity index (χ4v) is 5.62. The van der Waals surface area contributed by atoms with E-state index in [-0.39, 0.29) is 17.6 Å². The normalized spacial score (nSPS) is 26.9. The minimum atomic E-state index is -4.49. The van der Waals surface area contributed by atoms with E-state index >= 15 is 0 Å². The van der Waals surface area contributed by atoms with Gasteiger partial charge in [-0.25, -0.2) is 0 Å². The molecule has 5 nitrogen and oxygen atoms in total. The molecule has 1 aromatic carbocycles. The van der Waals surface area contributed by atoms with Crippen LogP contribution in [0.15, 0.2) is 36.4 Å². The van der Waals surface area contributed by atoms with E-state index in [9.17, 15) is 13.2 Å². The topological polar surface area (TPSA) is 50.3 Å². The molecule has 1 saturated carbocycles. The second kappa shape index (κ2) is 8.98. The highest BCUT2D eigenvalue weighted by Gasteiger charge is 2.42. The minimum Gasteiger partial charge on any atom is -0.381 e. The Morgan fingerprint density at radius 3 is 2.34 bits per heavy atom. The van der Waals surface area contributed by atoms with Crippen LogP contribution in [0.1, 0.15) is 31.2 Å². The Balaban J connectivity index is 1.23. The van der Waals surface area contributed by atoms with E-state index in [1.165, 1.54) is 0 Å². The molecule has 0 radical (unpaired) electrons. The summed E-state index contributed by atoms with van der Waals surface area (Å²) in [7, 11) is 0. The summed E-state index contributed by atoms with van der Waals surface area (Å²) in [5.41, 5.74) is 0.108. The van der Waals surface area contributed by atoms with Crippen LogP contribution >= 0.6 is 0 Å². The zero-order chi connectivity index (χ0) is 22.1. The molecular formula is C24H29F3N4O. The van der Waals surface area contributed by atoms with E-state index in [0.717, 1.165) is 64.6 Å². The van der Waals surface area contributed by atoms with Crippen molar-refractivity contribution in [3.8, 4) is 11.3 Å². The summed E-state index contributed by atoms with van der Waals surface area (Å²) in [6.45, 7) is 4.95. The van der Waals surface area contributed by atoms with Crippen molar-refractivity contribution in [3.63, 3.8) is 0 Å². The average Bonchev–Trinajstić information content (AvgIpc) is 3.32. The van der Waals surface area contributed by atoms with Gasteiger partial charge in [-0.15, -0.1) is 10.2 Å². The molecular weight excluding hydrogens is 417 g/mol. The summed E-state index contributed by atoms with van der Waals surface area (Å²) in [6, 6.07) is 9.96. The fraction of sp³-hybridized carbons (Fsp3) is 0.583. The van der Waals surface area contributed by atoms with Crippen LogP contribution in [0.25, 0.3) is 11.3 Å². The third-order valence-corrected chi connectivity index (χ3v) is 7.19. The van der Waals surface area contributed by atoms with Gasteiger partial charge in [0, 0.05) is 44.5 Å². The van der Waals surface area contributed by atoms with Crippen molar-refractivity contribution < 1.29 is 17.9 Å². The largest absolute Gasteiger partial charge is 0.420 e. The molecule has 3 heterocycles. The van der Waals surface area contributed by atoms with E-state index in [2.05, 4.69) is 20.4 Å². The molecule has 2 atom stereocenters. The van der Waals surface area contributed by atoms with Gasteiger partial charge in [-0.3, -0.25) is 0 Å². The standard InChI is InChI=1S/C24H29F3N4O/c25-24(26,27)21-12-22(17-4-2-1-3-5-17)29-30-23(21)28-20-10-18-14-31(15-19(18)11-20)13-16-6-8-32-9-7-16/h1-5,12,16,18-20H,6-11,13-15H2,(H,28,30). The van der Waals surface area contributed by atoms with Crippen LogP contribution in [0.5, 0.6) is 0 Å². The molecule has 2 aliphatic heterocycles. The van der Waals surface area contributed by atoms with Gasteiger partial charge in [0.15, 0.2) is 5.82 Å². The number of hydrogen-bond donors (Lipinski definition) is 1. The van der Waals surface area contributed by atoms with Crippen molar-refractivity contribution in [1.82, 2.24) is 15.1 Å². The van der Waals surface area contributed by atoms with Gasteiger partial charge in [0.05, 0.1) is 5.69 Å². The second-order valence-corrected chi connectivity index (χ2v) is 9.46. The molecule has 1 aromatic heterocycles. The highest BCUT2D eigenvalue weighted by molar-refractivity contribution is 5.62. The van der Waals surface area contributed by atoms with Crippen LogP contribution in [0.3, 0.4) is 0 Å². The van der Waals surface area contributed by atoms with Gasteiger partial charge >= 0.3 is 6.18 Å².